The van der Waals surface area contributed by atoms with Gasteiger partial charge < -0.3 is 15.4 Å². The van der Waals surface area contributed by atoms with Gasteiger partial charge in [0.25, 0.3) is 0 Å². The summed E-state index contributed by atoms with van der Waals surface area (Å²) in [5.74, 6) is 0.0590. The summed E-state index contributed by atoms with van der Waals surface area (Å²) in [5, 5.41) is 6.12. The number of anilines is 1. The smallest absolute Gasteiger partial charge is 0.241 e. The summed E-state index contributed by atoms with van der Waals surface area (Å²) in [6, 6.07) is 7.78. The Morgan fingerprint density at radius 1 is 1.42 bits per heavy atom. The van der Waals surface area contributed by atoms with E-state index in [4.69, 9.17) is 4.74 Å². The van der Waals surface area contributed by atoms with Crippen molar-refractivity contribution in [3.8, 4) is 0 Å². The Bertz CT molecular complexity index is 409. The molecule has 4 nitrogen and oxygen atoms in total. The maximum Gasteiger partial charge on any atom is 0.241 e. The van der Waals surface area contributed by atoms with Crippen LogP contribution in [0.25, 0.3) is 0 Å². The normalized spacial score (nSPS) is 18.8. The molecule has 0 aromatic heterocycles. The second-order valence-electron chi connectivity index (χ2n) is 5.19. The minimum Gasteiger partial charge on any atom is -0.374 e. The van der Waals surface area contributed by atoms with Crippen molar-refractivity contribution in [3.63, 3.8) is 0 Å². The van der Waals surface area contributed by atoms with Crippen molar-refractivity contribution >= 4 is 11.6 Å². The summed E-state index contributed by atoms with van der Waals surface area (Å²) >= 11 is 0. The monoisotopic (exact) mass is 262 g/mol. The molecular formula is C15H22N2O2. The molecule has 1 fully saturated rings. The minimum absolute atomic E-state index is 0.0380. The highest BCUT2D eigenvalue weighted by Crippen LogP contribution is 2.13. The molecule has 2 rings (SSSR count). The highest BCUT2D eigenvalue weighted by Gasteiger charge is 2.21. The summed E-state index contributed by atoms with van der Waals surface area (Å²) < 4.78 is 5.53. The lowest BCUT2D eigenvalue weighted by Gasteiger charge is -2.12. The number of amides is 1. The van der Waals surface area contributed by atoms with Gasteiger partial charge in [-0.3, -0.25) is 4.79 Å². The number of rotatable bonds is 5. The average Bonchev–Trinajstić information content (AvgIpc) is 2.92. The Hall–Kier alpha value is -1.39. The van der Waals surface area contributed by atoms with Crippen molar-refractivity contribution in [3.05, 3.63) is 29.8 Å². The summed E-state index contributed by atoms with van der Waals surface area (Å²) in [6.45, 7) is 5.58. The molecule has 1 aliphatic rings. The minimum atomic E-state index is -0.0380. The van der Waals surface area contributed by atoms with E-state index < -0.39 is 0 Å². The molecule has 2 N–H and O–H groups in total. The first kappa shape index (κ1) is 14.0. The molecule has 1 heterocycles. The maximum atomic E-state index is 11.9. The van der Waals surface area contributed by atoms with Crippen LogP contribution in [0, 0.1) is 0 Å². The molecule has 1 aromatic rings. The zero-order valence-electron chi connectivity index (χ0n) is 11.6. The number of ether oxygens (including phenoxy) is 1. The van der Waals surface area contributed by atoms with Crippen LogP contribution in [0.5, 0.6) is 0 Å². The van der Waals surface area contributed by atoms with Crippen molar-refractivity contribution in [2.24, 2.45) is 0 Å². The van der Waals surface area contributed by atoms with Crippen LogP contribution in [0.15, 0.2) is 24.3 Å². The Kier molecular flexibility index (Phi) is 4.93. The van der Waals surface area contributed by atoms with Crippen LogP contribution in [-0.4, -0.2) is 24.6 Å². The molecule has 0 spiro atoms. The van der Waals surface area contributed by atoms with Crippen molar-refractivity contribution in [1.29, 1.82) is 0 Å². The van der Waals surface area contributed by atoms with E-state index in [1.54, 1.807) is 0 Å². The van der Waals surface area contributed by atoms with Crippen molar-refractivity contribution in [1.82, 2.24) is 5.32 Å². The van der Waals surface area contributed by atoms with Crippen molar-refractivity contribution in [2.45, 2.75) is 45.4 Å². The highest BCUT2D eigenvalue weighted by atomic mass is 16.5. The Balaban J connectivity index is 1.85. The second-order valence-corrected chi connectivity index (χ2v) is 5.19. The molecule has 19 heavy (non-hydrogen) atoms. The first-order valence-corrected chi connectivity index (χ1v) is 6.90. The Morgan fingerprint density at radius 3 is 2.74 bits per heavy atom. The zero-order chi connectivity index (χ0) is 13.7. The summed E-state index contributed by atoms with van der Waals surface area (Å²) in [7, 11) is 0. The van der Waals surface area contributed by atoms with Crippen LogP contribution in [0.1, 0.15) is 32.3 Å². The molecule has 4 heteroatoms. The van der Waals surface area contributed by atoms with Crippen molar-refractivity contribution in [2.75, 3.05) is 11.9 Å². The SMILES string of the molecule is CC(C)OCc1ccc(NC(=O)C2CCCN2)cc1. The molecule has 1 unspecified atom stereocenters. The molecule has 0 bridgehead atoms. The lowest BCUT2D eigenvalue weighted by atomic mass is 10.2. The fourth-order valence-electron chi connectivity index (χ4n) is 2.08. The number of hydrogen-bond acceptors (Lipinski definition) is 3. The number of carbonyl (C=O) groups excluding carboxylic acids is 1. The number of benzene rings is 1. The number of nitrogens with one attached hydrogen (secondary N) is 2. The van der Waals surface area contributed by atoms with E-state index in [-0.39, 0.29) is 18.1 Å². The molecule has 104 valence electrons. The standard InChI is InChI=1S/C15H22N2O2/c1-11(2)19-10-12-5-7-13(8-6-12)17-15(18)14-4-3-9-16-14/h5-8,11,14,16H,3-4,9-10H2,1-2H3,(H,17,18). The topological polar surface area (TPSA) is 50.4 Å². The molecule has 1 aliphatic heterocycles. The van der Waals surface area contributed by atoms with Crippen LogP contribution in [0.3, 0.4) is 0 Å². The number of hydrogen-bond donors (Lipinski definition) is 2. The predicted molar refractivity (Wildman–Crippen MR) is 76.0 cm³/mol. The molecule has 1 saturated heterocycles. The van der Waals surface area contributed by atoms with Gasteiger partial charge in [-0.1, -0.05) is 12.1 Å². The van der Waals surface area contributed by atoms with E-state index >= 15 is 0 Å². The highest BCUT2D eigenvalue weighted by molar-refractivity contribution is 5.95. The lowest BCUT2D eigenvalue weighted by Crippen LogP contribution is -2.35. The molecular weight excluding hydrogens is 240 g/mol. The molecule has 0 radical (unpaired) electrons. The fourth-order valence-corrected chi connectivity index (χ4v) is 2.08. The van der Waals surface area contributed by atoms with E-state index in [1.165, 1.54) is 0 Å². The fraction of sp³-hybridized carbons (Fsp3) is 0.533. The molecule has 0 aliphatic carbocycles. The third-order valence-corrected chi connectivity index (χ3v) is 3.18. The van der Waals surface area contributed by atoms with Gasteiger partial charge in [0, 0.05) is 5.69 Å². The van der Waals surface area contributed by atoms with Crippen LogP contribution in [0.4, 0.5) is 5.69 Å². The zero-order valence-corrected chi connectivity index (χ0v) is 11.6. The summed E-state index contributed by atoms with van der Waals surface area (Å²) in [6.07, 6.45) is 2.23. The average molecular weight is 262 g/mol. The van der Waals surface area contributed by atoms with Gasteiger partial charge in [0.1, 0.15) is 0 Å². The van der Waals surface area contributed by atoms with E-state index in [1.807, 2.05) is 38.1 Å². The second kappa shape index (κ2) is 6.68. The van der Waals surface area contributed by atoms with Gasteiger partial charge in [0.2, 0.25) is 5.91 Å². The largest absolute Gasteiger partial charge is 0.374 e. The molecule has 1 amide bonds. The van der Waals surface area contributed by atoms with E-state index in [2.05, 4.69) is 10.6 Å². The first-order chi connectivity index (χ1) is 9.15. The van der Waals surface area contributed by atoms with E-state index in [0.717, 1.165) is 30.6 Å². The maximum absolute atomic E-state index is 11.9. The van der Waals surface area contributed by atoms with Gasteiger partial charge in [0.15, 0.2) is 0 Å². The van der Waals surface area contributed by atoms with Gasteiger partial charge in [-0.15, -0.1) is 0 Å². The quantitative estimate of drug-likeness (QED) is 0.856. The first-order valence-electron chi connectivity index (χ1n) is 6.90. The van der Waals surface area contributed by atoms with Crippen LogP contribution in [-0.2, 0) is 16.1 Å². The Labute approximate surface area is 114 Å². The Morgan fingerprint density at radius 2 is 2.16 bits per heavy atom. The van der Waals surface area contributed by atoms with Gasteiger partial charge in [-0.2, -0.15) is 0 Å². The summed E-state index contributed by atoms with van der Waals surface area (Å²) in [4.78, 5) is 11.9. The van der Waals surface area contributed by atoms with Gasteiger partial charge in [-0.25, -0.2) is 0 Å². The lowest BCUT2D eigenvalue weighted by molar-refractivity contribution is -0.117. The third kappa shape index (κ3) is 4.33. The third-order valence-electron chi connectivity index (χ3n) is 3.18. The molecule has 1 atom stereocenters. The van der Waals surface area contributed by atoms with Gasteiger partial charge >= 0.3 is 0 Å². The van der Waals surface area contributed by atoms with E-state index in [9.17, 15) is 4.79 Å². The van der Waals surface area contributed by atoms with Crippen molar-refractivity contribution < 1.29 is 9.53 Å². The van der Waals surface area contributed by atoms with E-state index in [0.29, 0.717) is 6.61 Å². The number of carbonyl (C=O) groups is 1. The predicted octanol–water partition coefficient (Wildman–Crippen LogP) is 2.30. The molecule has 1 aromatic carbocycles. The van der Waals surface area contributed by atoms with Crippen LogP contribution in [0.2, 0.25) is 0 Å². The summed E-state index contributed by atoms with van der Waals surface area (Å²) in [5.41, 5.74) is 1.96. The van der Waals surface area contributed by atoms with Gasteiger partial charge in [-0.05, 0) is 50.9 Å². The van der Waals surface area contributed by atoms with Gasteiger partial charge in [0.05, 0.1) is 18.8 Å². The molecule has 0 saturated carbocycles. The van der Waals surface area contributed by atoms with Crippen LogP contribution >= 0.6 is 0 Å². The van der Waals surface area contributed by atoms with Crippen LogP contribution < -0.4 is 10.6 Å².